The molecule has 90 valence electrons. The molecule has 0 amide bonds. The molecule has 4 nitrogen and oxygen atoms in total. The van der Waals surface area contributed by atoms with Crippen LogP contribution in [0.1, 0.15) is 25.6 Å². The Hall–Kier alpha value is -1.13. The summed E-state index contributed by atoms with van der Waals surface area (Å²) in [6, 6.07) is 3.57. The van der Waals surface area contributed by atoms with Crippen LogP contribution in [0.4, 0.5) is 0 Å². The van der Waals surface area contributed by atoms with Crippen molar-refractivity contribution in [3.63, 3.8) is 0 Å². The minimum Gasteiger partial charge on any atom is -0.495 e. The van der Waals surface area contributed by atoms with Crippen LogP contribution in [-0.2, 0) is 0 Å². The monoisotopic (exact) mass is 224 g/mol. The fraction of sp³-hybridized carbons (Fsp3) is 0.583. The average Bonchev–Trinajstić information content (AvgIpc) is 2.29. The Morgan fingerprint density at radius 1 is 1.50 bits per heavy atom. The first-order valence-corrected chi connectivity index (χ1v) is 5.48. The molecule has 0 saturated heterocycles. The topological polar surface area (TPSA) is 68.4 Å². The maximum atomic E-state index is 10.2. The molecule has 16 heavy (non-hydrogen) atoms. The van der Waals surface area contributed by atoms with Crippen LogP contribution in [0.25, 0.3) is 0 Å². The van der Waals surface area contributed by atoms with E-state index in [0.717, 1.165) is 0 Å². The number of pyridine rings is 1. The number of hydrogen-bond acceptors (Lipinski definition) is 4. The molecule has 2 atom stereocenters. The van der Waals surface area contributed by atoms with Crippen molar-refractivity contribution in [2.45, 2.75) is 20.0 Å². The van der Waals surface area contributed by atoms with E-state index in [2.05, 4.69) is 4.98 Å². The van der Waals surface area contributed by atoms with Gasteiger partial charge in [-0.25, -0.2) is 0 Å². The SMILES string of the molecule is COc1cccnc1C(O)C(CN)C(C)C. The number of hydrogen-bond donors (Lipinski definition) is 2. The first-order valence-electron chi connectivity index (χ1n) is 5.48. The zero-order valence-corrected chi connectivity index (χ0v) is 10.1. The van der Waals surface area contributed by atoms with E-state index in [-0.39, 0.29) is 5.92 Å². The van der Waals surface area contributed by atoms with Crippen LogP contribution in [0, 0.1) is 11.8 Å². The Morgan fingerprint density at radius 3 is 2.69 bits per heavy atom. The van der Waals surface area contributed by atoms with Gasteiger partial charge in [-0.15, -0.1) is 0 Å². The number of aliphatic hydroxyl groups excluding tert-OH is 1. The highest BCUT2D eigenvalue weighted by Crippen LogP contribution is 2.31. The maximum Gasteiger partial charge on any atom is 0.143 e. The largest absolute Gasteiger partial charge is 0.495 e. The molecule has 4 heteroatoms. The first-order chi connectivity index (χ1) is 7.61. The van der Waals surface area contributed by atoms with Gasteiger partial charge in [-0.05, 0) is 24.6 Å². The van der Waals surface area contributed by atoms with Gasteiger partial charge in [0.25, 0.3) is 0 Å². The van der Waals surface area contributed by atoms with Crippen LogP contribution < -0.4 is 10.5 Å². The lowest BCUT2D eigenvalue weighted by atomic mass is 9.88. The molecular weight excluding hydrogens is 204 g/mol. The summed E-state index contributed by atoms with van der Waals surface area (Å²) in [5, 5.41) is 10.2. The van der Waals surface area contributed by atoms with Crippen LogP contribution >= 0.6 is 0 Å². The second-order valence-corrected chi connectivity index (χ2v) is 4.18. The minimum atomic E-state index is -0.679. The van der Waals surface area contributed by atoms with Crippen LogP contribution in [0.15, 0.2) is 18.3 Å². The van der Waals surface area contributed by atoms with Gasteiger partial charge in [0.15, 0.2) is 0 Å². The van der Waals surface area contributed by atoms with Gasteiger partial charge in [0.2, 0.25) is 0 Å². The van der Waals surface area contributed by atoms with Crippen LogP contribution in [-0.4, -0.2) is 23.7 Å². The van der Waals surface area contributed by atoms with E-state index in [1.165, 1.54) is 0 Å². The number of nitrogens with two attached hydrogens (primary N) is 1. The molecule has 1 aromatic heterocycles. The summed E-state index contributed by atoms with van der Waals surface area (Å²) in [4.78, 5) is 4.17. The van der Waals surface area contributed by atoms with E-state index >= 15 is 0 Å². The van der Waals surface area contributed by atoms with E-state index in [0.29, 0.717) is 23.9 Å². The smallest absolute Gasteiger partial charge is 0.143 e. The molecular formula is C12H20N2O2. The quantitative estimate of drug-likeness (QED) is 0.792. The van der Waals surface area contributed by atoms with Crippen molar-refractivity contribution >= 4 is 0 Å². The predicted octanol–water partition coefficient (Wildman–Crippen LogP) is 1.35. The van der Waals surface area contributed by atoms with Crippen molar-refractivity contribution in [2.75, 3.05) is 13.7 Å². The first kappa shape index (κ1) is 12.9. The second-order valence-electron chi connectivity index (χ2n) is 4.18. The van der Waals surface area contributed by atoms with Crippen molar-refractivity contribution in [1.29, 1.82) is 0 Å². The Bertz CT molecular complexity index is 329. The second kappa shape index (κ2) is 5.82. The average molecular weight is 224 g/mol. The van der Waals surface area contributed by atoms with Crippen molar-refractivity contribution in [3.8, 4) is 5.75 Å². The molecule has 0 radical (unpaired) electrons. The number of rotatable bonds is 5. The van der Waals surface area contributed by atoms with Gasteiger partial charge in [-0.3, -0.25) is 4.98 Å². The molecule has 0 bridgehead atoms. The Balaban J connectivity index is 2.98. The summed E-state index contributed by atoms with van der Waals surface area (Å²) >= 11 is 0. The zero-order valence-electron chi connectivity index (χ0n) is 10.1. The van der Waals surface area contributed by atoms with Crippen molar-refractivity contribution in [2.24, 2.45) is 17.6 Å². The van der Waals surface area contributed by atoms with E-state index in [1.54, 1.807) is 25.4 Å². The third-order valence-electron chi connectivity index (χ3n) is 2.83. The Kier molecular flexibility index (Phi) is 4.71. The molecule has 0 aromatic carbocycles. The fourth-order valence-corrected chi connectivity index (χ4v) is 1.77. The number of nitrogens with zero attached hydrogens (tertiary/aromatic N) is 1. The normalized spacial score (nSPS) is 14.9. The predicted molar refractivity (Wildman–Crippen MR) is 63.1 cm³/mol. The summed E-state index contributed by atoms with van der Waals surface area (Å²) in [6.45, 7) is 4.50. The Morgan fingerprint density at radius 2 is 2.19 bits per heavy atom. The van der Waals surface area contributed by atoms with Gasteiger partial charge in [0, 0.05) is 12.1 Å². The standard InChI is InChI=1S/C12H20N2O2/c1-8(2)9(7-13)12(15)11-10(16-3)5-4-6-14-11/h4-6,8-9,12,15H,7,13H2,1-3H3. The summed E-state index contributed by atoms with van der Waals surface area (Å²) < 4.78 is 5.18. The molecule has 0 aliphatic heterocycles. The highest BCUT2D eigenvalue weighted by Gasteiger charge is 2.26. The van der Waals surface area contributed by atoms with E-state index in [9.17, 15) is 5.11 Å². The highest BCUT2D eigenvalue weighted by atomic mass is 16.5. The molecule has 0 fully saturated rings. The van der Waals surface area contributed by atoms with Crippen LogP contribution in [0.3, 0.4) is 0 Å². The lowest BCUT2D eigenvalue weighted by Gasteiger charge is -2.25. The van der Waals surface area contributed by atoms with Gasteiger partial charge in [0.05, 0.1) is 7.11 Å². The van der Waals surface area contributed by atoms with Gasteiger partial charge >= 0.3 is 0 Å². The molecule has 3 N–H and O–H groups in total. The molecule has 1 heterocycles. The molecule has 0 spiro atoms. The lowest BCUT2D eigenvalue weighted by Crippen LogP contribution is -2.27. The highest BCUT2D eigenvalue weighted by molar-refractivity contribution is 5.29. The van der Waals surface area contributed by atoms with Crippen LogP contribution in [0.5, 0.6) is 5.75 Å². The van der Waals surface area contributed by atoms with E-state index in [1.807, 2.05) is 13.8 Å². The molecule has 1 aromatic rings. The third-order valence-corrected chi connectivity index (χ3v) is 2.83. The molecule has 0 saturated carbocycles. The summed E-state index contributed by atoms with van der Waals surface area (Å²) in [5.41, 5.74) is 6.24. The maximum absolute atomic E-state index is 10.2. The molecule has 2 unspecified atom stereocenters. The van der Waals surface area contributed by atoms with Gasteiger partial charge in [-0.1, -0.05) is 13.8 Å². The number of aromatic nitrogens is 1. The molecule has 0 aliphatic rings. The Labute approximate surface area is 96.5 Å². The van der Waals surface area contributed by atoms with Crippen molar-refractivity contribution < 1.29 is 9.84 Å². The van der Waals surface area contributed by atoms with Gasteiger partial charge in [0.1, 0.15) is 17.5 Å². The number of ether oxygens (including phenoxy) is 1. The lowest BCUT2D eigenvalue weighted by molar-refractivity contribution is 0.0797. The molecule has 0 aliphatic carbocycles. The number of methoxy groups -OCH3 is 1. The third kappa shape index (κ3) is 2.71. The minimum absolute atomic E-state index is 0.0104. The van der Waals surface area contributed by atoms with Gasteiger partial charge in [-0.2, -0.15) is 0 Å². The van der Waals surface area contributed by atoms with Crippen molar-refractivity contribution in [1.82, 2.24) is 4.98 Å². The summed E-state index contributed by atoms with van der Waals surface area (Å²) in [5.74, 6) is 0.893. The van der Waals surface area contributed by atoms with Crippen molar-refractivity contribution in [3.05, 3.63) is 24.0 Å². The van der Waals surface area contributed by atoms with E-state index in [4.69, 9.17) is 10.5 Å². The van der Waals surface area contributed by atoms with Gasteiger partial charge < -0.3 is 15.6 Å². The van der Waals surface area contributed by atoms with Crippen LogP contribution in [0.2, 0.25) is 0 Å². The van der Waals surface area contributed by atoms with E-state index < -0.39 is 6.10 Å². The molecule has 1 rings (SSSR count). The number of aliphatic hydroxyl groups is 1. The zero-order chi connectivity index (χ0) is 12.1. The fourth-order valence-electron chi connectivity index (χ4n) is 1.77. The summed E-state index contributed by atoms with van der Waals surface area (Å²) in [6.07, 6.45) is 0.968. The summed E-state index contributed by atoms with van der Waals surface area (Å²) in [7, 11) is 1.57.